The molecule has 1 saturated carbocycles. The summed E-state index contributed by atoms with van der Waals surface area (Å²) in [5.74, 6) is 0.734. The van der Waals surface area contributed by atoms with Crippen molar-refractivity contribution in [3.8, 4) is 17.5 Å². The van der Waals surface area contributed by atoms with Crippen molar-refractivity contribution in [2.75, 3.05) is 0 Å². The van der Waals surface area contributed by atoms with Gasteiger partial charge in [0.1, 0.15) is 24.1 Å². The van der Waals surface area contributed by atoms with Crippen LogP contribution in [0.3, 0.4) is 0 Å². The number of hydrogen-bond acceptors (Lipinski definition) is 6. The molecule has 1 aromatic carbocycles. The van der Waals surface area contributed by atoms with E-state index >= 15 is 0 Å². The zero-order valence-electron chi connectivity index (χ0n) is 13.9. The topological polar surface area (TPSA) is 89.0 Å². The Kier molecular flexibility index (Phi) is 4.20. The van der Waals surface area contributed by atoms with Crippen molar-refractivity contribution in [3.05, 3.63) is 71.4 Å². The Labute approximate surface area is 150 Å². The summed E-state index contributed by atoms with van der Waals surface area (Å²) in [6, 6.07) is 14.7. The number of ether oxygens (including phenoxy) is 1. The summed E-state index contributed by atoms with van der Waals surface area (Å²) in [4.78, 5) is 20.8. The van der Waals surface area contributed by atoms with Gasteiger partial charge in [-0.2, -0.15) is 5.26 Å². The minimum Gasteiger partial charge on any atom is -0.456 e. The molecule has 6 heteroatoms. The van der Waals surface area contributed by atoms with Crippen molar-refractivity contribution in [1.29, 1.82) is 5.26 Å². The first-order valence-electron chi connectivity index (χ1n) is 8.33. The van der Waals surface area contributed by atoms with Crippen molar-refractivity contribution in [3.63, 3.8) is 0 Å². The predicted molar refractivity (Wildman–Crippen MR) is 92.0 cm³/mol. The lowest BCUT2D eigenvalue weighted by Crippen LogP contribution is -2.08. The van der Waals surface area contributed by atoms with Crippen LogP contribution in [0.25, 0.3) is 11.5 Å². The number of aromatic nitrogens is 2. The number of rotatable bonds is 5. The second kappa shape index (κ2) is 6.81. The van der Waals surface area contributed by atoms with E-state index in [9.17, 15) is 4.79 Å². The lowest BCUT2D eigenvalue weighted by molar-refractivity contribution is 0.0463. The van der Waals surface area contributed by atoms with E-state index in [1.165, 1.54) is 6.20 Å². The fraction of sp³-hybridized carbons (Fsp3) is 0.200. The summed E-state index contributed by atoms with van der Waals surface area (Å²) in [7, 11) is 0. The molecule has 0 N–H and O–H groups in total. The molecule has 1 fully saturated rings. The predicted octanol–water partition coefficient (Wildman–Crippen LogP) is 3.84. The molecular formula is C20H15N3O3. The number of carbonyl (C=O) groups is 1. The molecule has 0 amide bonds. The molecule has 3 aromatic rings. The molecule has 0 bridgehead atoms. The van der Waals surface area contributed by atoms with Crippen molar-refractivity contribution in [2.24, 2.45) is 0 Å². The summed E-state index contributed by atoms with van der Waals surface area (Å²) < 4.78 is 11.3. The number of oxazole rings is 1. The number of carbonyl (C=O) groups excluding carboxylic acids is 1. The van der Waals surface area contributed by atoms with Gasteiger partial charge in [0.05, 0.1) is 0 Å². The van der Waals surface area contributed by atoms with Crippen LogP contribution in [-0.4, -0.2) is 15.9 Å². The van der Waals surface area contributed by atoms with Gasteiger partial charge in [0.25, 0.3) is 0 Å². The maximum atomic E-state index is 12.5. The van der Waals surface area contributed by atoms with E-state index in [2.05, 4.69) is 9.97 Å². The number of esters is 1. The first-order valence-corrected chi connectivity index (χ1v) is 8.33. The maximum Gasteiger partial charge on any atom is 0.360 e. The molecular weight excluding hydrogens is 330 g/mol. The van der Waals surface area contributed by atoms with Crippen LogP contribution in [0.2, 0.25) is 0 Å². The van der Waals surface area contributed by atoms with Crippen LogP contribution in [-0.2, 0) is 11.3 Å². The highest BCUT2D eigenvalue weighted by Gasteiger charge is 2.34. The van der Waals surface area contributed by atoms with Crippen molar-refractivity contribution < 1.29 is 13.9 Å². The van der Waals surface area contributed by atoms with Gasteiger partial charge in [0, 0.05) is 17.7 Å². The number of pyridine rings is 1. The third kappa shape index (κ3) is 3.33. The molecule has 0 saturated heterocycles. The highest BCUT2D eigenvalue weighted by molar-refractivity contribution is 5.89. The molecule has 26 heavy (non-hydrogen) atoms. The van der Waals surface area contributed by atoms with Gasteiger partial charge in [0.2, 0.25) is 5.89 Å². The van der Waals surface area contributed by atoms with Gasteiger partial charge in [-0.1, -0.05) is 18.2 Å². The summed E-state index contributed by atoms with van der Waals surface area (Å²) in [6.45, 7) is 0.0493. The van der Waals surface area contributed by atoms with Gasteiger partial charge in [-0.15, -0.1) is 0 Å². The molecule has 0 unspecified atom stereocenters. The fourth-order valence-corrected chi connectivity index (χ4v) is 2.65. The van der Waals surface area contributed by atoms with E-state index < -0.39 is 5.97 Å². The Morgan fingerprint density at radius 3 is 2.81 bits per heavy atom. The van der Waals surface area contributed by atoms with Crippen molar-refractivity contribution >= 4 is 5.97 Å². The highest BCUT2D eigenvalue weighted by Crippen LogP contribution is 2.43. The molecule has 6 nitrogen and oxygen atoms in total. The van der Waals surface area contributed by atoms with Crippen LogP contribution in [0.4, 0.5) is 0 Å². The summed E-state index contributed by atoms with van der Waals surface area (Å²) in [5, 5.41) is 8.89. The second-order valence-electron chi connectivity index (χ2n) is 6.11. The van der Waals surface area contributed by atoms with E-state index in [-0.39, 0.29) is 23.9 Å². The SMILES string of the molecule is N#Cc1cc(COC(=O)c2nc(-c3ccccc3)oc2C2CC2)ccn1. The summed E-state index contributed by atoms with van der Waals surface area (Å²) in [5.41, 5.74) is 2.04. The largest absolute Gasteiger partial charge is 0.456 e. The number of nitrogens with zero attached hydrogens (tertiary/aromatic N) is 3. The van der Waals surface area contributed by atoms with E-state index in [0.717, 1.165) is 18.4 Å². The van der Waals surface area contributed by atoms with E-state index in [1.807, 2.05) is 36.4 Å². The second-order valence-corrected chi connectivity index (χ2v) is 6.11. The molecule has 0 spiro atoms. The van der Waals surface area contributed by atoms with Crippen LogP contribution < -0.4 is 0 Å². The van der Waals surface area contributed by atoms with Crippen LogP contribution in [0.1, 0.15) is 46.3 Å². The Balaban J connectivity index is 1.55. The first kappa shape index (κ1) is 16.0. The molecule has 1 aliphatic carbocycles. The van der Waals surface area contributed by atoms with Gasteiger partial charge in [0.15, 0.2) is 5.69 Å². The van der Waals surface area contributed by atoms with Gasteiger partial charge >= 0.3 is 5.97 Å². The third-order valence-corrected chi connectivity index (χ3v) is 4.12. The van der Waals surface area contributed by atoms with Crippen LogP contribution in [0.15, 0.2) is 53.1 Å². The third-order valence-electron chi connectivity index (χ3n) is 4.12. The Morgan fingerprint density at radius 1 is 1.27 bits per heavy atom. The monoisotopic (exact) mass is 345 g/mol. The summed E-state index contributed by atoms with van der Waals surface area (Å²) >= 11 is 0. The van der Waals surface area contributed by atoms with E-state index in [1.54, 1.807) is 12.1 Å². The lowest BCUT2D eigenvalue weighted by Gasteiger charge is -2.04. The minimum atomic E-state index is -0.520. The normalized spacial score (nSPS) is 13.2. The molecule has 0 aliphatic heterocycles. The molecule has 4 rings (SSSR count). The van der Waals surface area contributed by atoms with Crippen LogP contribution in [0, 0.1) is 11.3 Å². The molecule has 0 radical (unpaired) electrons. The van der Waals surface area contributed by atoms with Crippen molar-refractivity contribution in [1.82, 2.24) is 9.97 Å². The first-order chi connectivity index (χ1) is 12.7. The summed E-state index contributed by atoms with van der Waals surface area (Å²) in [6.07, 6.45) is 3.49. The van der Waals surface area contributed by atoms with Crippen molar-refractivity contribution in [2.45, 2.75) is 25.4 Å². The highest BCUT2D eigenvalue weighted by atomic mass is 16.5. The number of benzene rings is 1. The zero-order chi connectivity index (χ0) is 17.9. The lowest BCUT2D eigenvalue weighted by atomic mass is 10.2. The number of nitriles is 1. The molecule has 0 atom stereocenters. The number of hydrogen-bond donors (Lipinski definition) is 0. The smallest absolute Gasteiger partial charge is 0.360 e. The van der Waals surface area contributed by atoms with Gasteiger partial charge in [-0.25, -0.2) is 14.8 Å². The maximum absolute atomic E-state index is 12.5. The molecule has 2 aromatic heterocycles. The van der Waals surface area contributed by atoms with E-state index in [0.29, 0.717) is 17.2 Å². The van der Waals surface area contributed by atoms with Gasteiger partial charge in [-0.05, 0) is 42.7 Å². The fourth-order valence-electron chi connectivity index (χ4n) is 2.65. The average Bonchev–Trinajstić information content (AvgIpc) is 3.45. The Morgan fingerprint density at radius 2 is 2.08 bits per heavy atom. The quantitative estimate of drug-likeness (QED) is 0.653. The minimum absolute atomic E-state index is 0.0493. The van der Waals surface area contributed by atoms with E-state index in [4.69, 9.17) is 14.4 Å². The van der Waals surface area contributed by atoms with Gasteiger partial charge < -0.3 is 9.15 Å². The molecule has 2 heterocycles. The Hall–Kier alpha value is -3.46. The molecule has 1 aliphatic rings. The standard InChI is InChI=1S/C20H15N3O3/c21-11-16-10-13(8-9-22-16)12-25-20(24)17-18(14-6-7-14)26-19(23-17)15-4-2-1-3-5-15/h1-5,8-10,14H,6-7,12H2. The van der Waals surface area contributed by atoms with Crippen LogP contribution >= 0.6 is 0 Å². The zero-order valence-corrected chi connectivity index (χ0v) is 13.9. The average molecular weight is 345 g/mol. The van der Waals surface area contributed by atoms with Gasteiger partial charge in [-0.3, -0.25) is 0 Å². The van der Waals surface area contributed by atoms with Crippen LogP contribution in [0.5, 0.6) is 0 Å². The molecule has 128 valence electrons. The Bertz CT molecular complexity index is 985.